The van der Waals surface area contributed by atoms with Gasteiger partial charge in [0.25, 0.3) is 5.91 Å². The summed E-state index contributed by atoms with van der Waals surface area (Å²) in [5.41, 5.74) is 12.4. The van der Waals surface area contributed by atoms with Crippen LogP contribution >= 0.6 is 0 Å². The standard InChI is InChI=1S/C28H36N4O4/c1-15-6-5-8-25(2)10-11-27(4)19(28(25,30)14-15)7-9-26(3)16-12-17(31-35)23(32-36)22(24(29)34)21(16)18(33)13-20(26)27/h12-13,15,19H,5-11,14,30H2,1-4H3,(H2,29,34)/t15-,19?,25+,26-,27-,28+/m0/s1. The Morgan fingerprint density at radius 3 is 2.42 bits per heavy atom. The van der Waals surface area contributed by atoms with Gasteiger partial charge in [-0.1, -0.05) is 40.5 Å². The van der Waals surface area contributed by atoms with Crippen molar-refractivity contribution in [3.05, 3.63) is 44.2 Å². The van der Waals surface area contributed by atoms with E-state index >= 15 is 0 Å². The van der Waals surface area contributed by atoms with E-state index in [4.69, 9.17) is 11.5 Å². The first kappa shape index (κ1) is 24.9. The Kier molecular flexibility index (Phi) is 5.46. The van der Waals surface area contributed by atoms with Gasteiger partial charge in [-0.25, -0.2) is 0 Å². The lowest BCUT2D eigenvalue weighted by Gasteiger charge is -2.66. The van der Waals surface area contributed by atoms with Gasteiger partial charge in [0, 0.05) is 16.5 Å². The molecule has 1 aromatic rings. The Morgan fingerprint density at radius 1 is 1.06 bits per heavy atom. The lowest BCUT2D eigenvalue weighted by Crippen LogP contribution is -2.68. The van der Waals surface area contributed by atoms with Crippen molar-refractivity contribution < 1.29 is 9.59 Å². The summed E-state index contributed by atoms with van der Waals surface area (Å²) in [4.78, 5) is 49.3. The summed E-state index contributed by atoms with van der Waals surface area (Å²) < 4.78 is 0. The fraction of sp³-hybridized carbons (Fsp3) is 0.643. The summed E-state index contributed by atoms with van der Waals surface area (Å²) in [5, 5.41) is 5.83. The number of nitrogens with zero attached hydrogens (tertiary/aromatic N) is 2. The average molecular weight is 493 g/mol. The molecular formula is C28H36N4O4. The maximum absolute atomic E-state index is 13.7. The summed E-state index contributed by atoms with van der Waals surface area (Å²) in [5.74, 6) is -0.608. The van der Waals surface area contributed by atoms with Crippen molar-refractivity contribution in [1.82, 2.24) is 0 Å². The zero-order valence-electron chi connectivity index (χ0n) is 21.6. The number of fused-ring (bicyclic) bond motifs is 7. The molecule has 192 valence electrons. The molecule has 1 aromatic carbocycles. The second-order valence-electron chi connectivity index (χ2n) is 12.7. The molecule has 36 heavy (non-hydrogen) atoms. The molecule has 6 atom stereocenters. The predicted molar refractivity (Wildman–Crippen MR) is 138 cm³/mol. The second-order valence-corrected chi connectivity index (χ2v) is 12.7. The quantitative estimate of drug-likeness (QED) is 0.491. The largest absolute Gasteiger partial charge is 0.366 e. The van der Waals surface area contributed by atoms with E-state index in [2.05, 4.69) is 38.0 Å². The van der Waals surface area contributed by atoms with E-state index in [1.807, 2.05) is 0 Å². The van der Waals surface area contributed by atoms with Crippen molar-refractivity contribution in [3.8, 4) is 0 Å². The van der Waals surface area contributed by atoms with Gasteiger partial charge >= 0.3 is 0 Å². The Hall–Kier alpha value is -2.74. The van der Waals surface area contributed by atoms with E-state index in [1.165, 1.54) is 18.9 Å². The minimum atomic E-state index is -0.971. The zero-order valence-corrected chi connectivity index (χ0v) is 21.6. The number of nitrogens with two attached hydrogens (primary N) is 2. The number of amides is 1. The molecular weight excluding hydrogens is 456 g/mol. The van der Waals surface area contributed by atoms with Crippen LogP contribution in [0.25, 0.3) is 0 Å². The van der Waals surface area contributed by atoms with Crippen molar-refractivity contribution in [1.29, 1.82) is 0 Å². The van der Waals surface area contributed by atoms with Crippen LogP contribution in [-0.2, 0) is 5.41 Å². The van der Waals surface area contributed by atoms with Crippen molar-refractivity contribution in [2.24, 2.45) is 44.5 Å². The molecule has 4 aliphatic rings. The number of ketones is 1. The van der Waals surface area contributed by atoms with E-state index in [-0.39, 0.29) is 44.9 Å². The third kappa shape index (κ3) is 3.03. The summed E-state index contributed by atoms with van der Waals surface area (Å²) in [6, 6.07) is 1.47. The van der Waals surface area contributed by atoms with E-state index in [1.54, 1.807) is 6.08 Å². The van der Waals surface area contributed by atoms with E-state index in [0.717, 1.165) is 37.7 Å². The number of nitroso groups, excluding NO2 is 2. The first-order valence-electron chi connectivity index (χ1n) is 13.1. The highest BCUT2D eigenvalue weighted by Gasteiger charge is 2.65. The first-order valence-corrected chi connectivity index (χ1v) is 13.1. The van der Waals surface area contributed by atoms with Crippen LogP contribution in [0.15, 0.2) is 28.1 Å². The average Bonchev–Trinajstić information content (AvgIpc) is 2.93. The van der Waals surface area contributed by atoms with E-state index < -0.39 is 17.0 Å². The number of allylic oxidation sites excluding steroid dienone is 2. The highest BCUT2D eigenvalue weighted by molar-refractivity contribution is 6.18. The van der Waals surface area contributed by atoms with Crippen LogP contribution in [0.1, 0.15) is 105 Å². The fourth-order valence-electron chi connectivity index (χ4n) is 8.85. The summed E-state index contributed by atoms with van der Waals surface area (Å²) in [7, 11) is 0. The molecule has 8 nitrogen and oxygen atoms in total. The van der Waals surface area contributed by atoms with Gasteiger partial charge in [-0.15, -0.1) is 9.81 Å². The number of hydrogen-bond acceptors (Lipinski definition) is 7. The molecule has 3 saturated carbocycles. The molecule has 0 heterocycles. The van der Waals surface area contributed by atoms with Crippen LogP contribution in [0, 0.1) is 32.5 Å². The monoisotopic (exact) mass is 492 g/mol. The molecule has 8 heteroatoms. The van der Waals surface area contributed by atoms with Crippen LogP contribution in [0.2, 0.25) is 0 Å². The van der Waals surface area contributed by atoms with Crippen molar-refractivity contribution in [2.45, 2.75) is 90.0 Å². The molecule has 1 unspecified atom stereocenters. The molecule has 1 amide bonds. The maximum atomic E-state index is 13.7. The van der Waals surface area contributed by atoms with Crippen LogP contribution < -0.4 is 11.5 Å². The van der Waals surface area contributed by atoms with Crippen molar-refractivity contribution in [3.63, 3.8) is 0 Å². The van der Waals surface area contributed by atoms with Gasteiger partial charge in [0.05, 0.1) is 5.56 Å². The fourth-order valence-corrected chi connectivity index (χ4v) is 8.85. The maximum Gasteiger partial charge on any atom is 0.251 e. The minimum Gasteiger partial charge on any atom is -0.366 e. The SMILES string of the molecule is C[C@H]1CCC[C@]2(C)CC[C@]3(C)C4=CC(=O)c5c(cc(N=O)c(N=O)c5C(N)=O)[C@]4(C)CCC3[C@]2(N)C1. The Bertz CT molecular complexity index is 1240. The smallest absolute Gasteiger partial charge is 0.251 e. The van der Waals surface area contributed by atoms with Gasteiger partial charge in [-0.3, -0.25) is 9.59 Å². The number of benzene rings is 1. The van der Waals surface area contributed by atoms with Crippen LogP contribution in [0.5, 0.6) is 0 Å². The number of primary amides is 1. The topological polar surface area (TPSA) is 145 Å². The molecule has 4 aliphatic carbocycles. The van der Waals surface area contributed by atoms with Gasteiger partial charge in [0.2, 0.25) is 0 Å². The van der Waals surface area contributed by atoms with Gasteiger partial charge in [-0.05, 0) is 94.8 Å². The highest BCUT2D eigenvalue weighted by atomic mass is 16.3. The molecule has 0 aliphatic heterocycles. The number of hydrogen-bond donors (Lipinski definition) is 2. The molecule has 0 spiro atoms. The van der Waals surface area contributed by atoms with Gasteiger partial charge in [0.15, 0.2) is 11.5 Å². The number of rotatable bonds is 3. The number of carbonyl (C=O) groups excluding carboxylic acids is 2. The zero-order chi connectivity index (χ0) is 26.3. The first-order chi connectivity index (χ1) is 16.9. The molecule has 3 fully saturated rings. The van der Waals surface area contributed by atoms with Crippen LogP contribution in [0.4, 0.5) is 11.4 Å². The molecule has 5 rings (SSSR count). The lowest BCUT2D eigenvalue weighted by molar-refractivity contribution is -0.0760. The third-order valence-electron chi connectivity index (χ3n) is 10.8. The number of carbonyl (C=O) groups is 2. The summed E-state index contributed by atoms with van der Waals surface area (Å²) in [6.45, 7) is 8.98. The van der Waals surface area contributed by atoms with E-state index in [9.17, 15) is 19.4 Å². The van der Waals surface area contributed by atoms with E-state index in [0.29, 0.717) is 17.9 Å². The van der Waals surface area contributed by atoms with Crippen molar-refractivity contribution in [2.75, 3.05) is 0 Å². The third-order valence-corrected chi connectivity index (χ3v) is 10.8. The normalized spacial score (nSPS) is 39.5. The molecule has 0 bridgehead atoms. The van der Waals surface area contributed by atoms with Gasteiger partial charge in [0.1, 0.15) is 5.69 Å². The van der Waals surface area contributed by atoms with Gasteiger partial charge in [-0.2, -0.15) is 0 Å². The van der Waals surface area contributed by atoms with Gasteiger partial charge < -0.3 is 11.5 Å². The molecule has 0 radical (unpaired) electrons. The predicted octanol–water partition coefficient (Wildman–Crippen LogP) is 6.09. The lowest BCUT2D eigenvalue weighted by atomic mass is 9.40. The molecule has 4 N–H and O–H groups in total. The summed E-state index contributed by atoms with van der Waals surface area (Å²) >= 11 is 0. The molecule has 0 aromatic heterocycles. The van der Waals surface area contributed by atoms with Crippen LogP contribution in [-0.4, -0.2) is 17.2 Å². The van der Waals surface area contributed by atoms with Crippen molar-refractivity contribution >= 4 is 23.1 Å². The summed E-state index contributed by atoms with van der Waals surface area (Å²) in [6.07, 6.45) is 9.60. The van der Waals surface area contributed by atoms with Crippen LogP contribution in [0.3, 0.4) is 0 Å². The molecule has 0 saturated heterocycles. The highest BCUT2D eigenvalue weighted by Crippen LogP contribution is 2.68. The Morgan fingerprint density at radius 2 is 1.78 bits per heavy atom. The Balaban J connectivity index is 1.72. The second kappa shape index (κ2) is 7.88. The Labute approximate surface area is 211 Å². The minimum absolute atomic E-state index is 0.0467.